The quantitative estimate of drug-likeness (QED) is 0.488. The number of ether oxygens (including phenoxy) is 1. The molecule has 0 bridgehead atoms. The molecule has 0 rings (SSSR count). The highest BCUT2D eigenvalue weighted by molar-refractivity contribution is 5.79. The summed E-state index contributed by atoms with van der Waals surface area (Å²) in [4.78, 5) is 4.18. The van der Waals surface area contributed by atoms with Crippen LogP contribution in [0.3, 0.4) is 0 Å². The van der Waals surface area contributed by atoms with Crippen molar-refractivity contribution in [2.75, 3.05) is 13.2 Å². The number of rotatable bonds is 6. The molecule has 0 radical (unpaired) electrons. The van der Waals surface area contributed by atoms with Crippen molar-refractivity contribution in [1.82, 2.24) is 0 Å². The molecule has 72 valence electrons. The average molecular weight is 172 g/mol. The summed E-state index contributed by atoms with van der Waals surface area (Å²) < 4.78 is 5.35. The van der Waals surface area contributed by atoms with Crippen molar-refractivity contribution in [2.45, 2.75) is 39.7 Å². The summed E-state index contributed by atoms with van der Waals surface area (Å²) in [6, 6.07) is 0. The summed E-state index contributed by atoms with van der Waals surface area (Å²) in [5, 5.41) is 0. The topological polar surface area (TPSA) is 47.6 Å². The van der Waals surface area contributed by atoms with Crippen molar-refractivity contribution < 1.29 is 4.74 Å². The van der Waals surface area contributed by atoms with E-state index >= 15 is 0 Å². The Morgan fingerprint density at radius 2 is 2.17 bits per heavy atom. The standard InChI is InChI=1S/C9H20N2O/c1-4-9(10)11-7-6-8(3)12-5-2/h8H,4-7H2,1-3H3,(H2,10,11)/t8-/m0/s1. The maximum atomic E-state index is 5.54. The van der Waals surface area contributed by atoms with Gasteiger partial charge in [0, 0.05) is 19.6 Å². The number of nitrogens with zero attached hydrogens (tertiary/aromatic N) is 1. The van der Waals surface area contributed by atoms with Crippen LogP contribution in [0.4, 0.5) is 0 Å². The van der Waals surface area contributed by atoms with Gasteiger partial charge in [-0.1, -0.05) is 6.92 Å². The lowest BCUT2D eigenvalue weighted by Crippen LogP contribution is -2.13. The highest BCUT2D eigenvalue weighted by Gasteiger charge is 1.98. The first kappa shape index (κ1) is 11.4. The highest BCUT2D eigenvalue weighted by Crippen LogP contribution is 1.97. The molecule has 1 atom stereocenters. The Bertz CT molecular complexity index is 134. The van der Waals surface area contributed by atoms with E-state index in [4.69, 9.17) is 10.5 Å². The van der Waals surface area contributed by atoms with Crippen LogP contribution in [-0.2, 0) is 4.74 Å². The first-order chi connectivity index (χ1) is 5.70. The third-order valence-electron chi connectivity index (χ3n) is 1.66. The van der Waals surface area contributed by atoms with Gasteiger partial charge in [-0.05, 0) is 20.3 Å². The second kappa shape index (κ2) is 7.10. The summed E-state index contributed by atoms with van der Waals surface area (Å²) in [6.45, 7) is 7.61. The Kier molecular flexibility index (Phi) is 6.76. The summed E-state index contributed by atoms with van der Waals surface area (Å²) >= 11 is 0. The van der Waals surface area contributed by atoms with Gasteiger partial charge in [-0.15, -0.1) is 0 Å². The van der Waals surface area contributed by atoms with Crippen LogP contribution in [0.1, 0.15) is 33.6 Å². The van der Waals surface area contributed by atoms with Gasteiger partial charge in [-0.3, -0.25) is 4.99 Å². The van der Waals surface area contributed by atoms with Gasteiger partial charge in [0.1, 0.15) is 0 Å². The molecule has 0 saturated heterocycles. The number of aliphatic imine (C=N–C) groups is 1. The monoisotopic (exact) mass is 172 g/mol. The molecule has 12 heavy (non-hydrogen) atoms. The van der Waals surface area contributed by atoms with E-state index in [1.54, 1.807) is 0 Å². The van der Waals surface area contributed by atoms with Crippen molar-refractivity contribution in [1.29, 1.82) is 0 Å². The van der Waals surface area contributed by atoms with Crippen LogP contribution in [0.5, 0.6) is 0 Å². The fourth-order valence-corrected chi connectivity index (χ4v) is 0.870. The lowest BCUT2D eigenvalue weighted by molar-refractivity contribution is 0.0722. The van der Waals surface area contributed by atoms with E-state index in [0.29, 0.717) is 6.10 Å². The first-order valence-corrected chi connectivity index (χ1v) is 4.61. The molecule has 0 saturated carbocycles. The van der Waals surface area contributed by atoms with Crippen LogP contribution in [0.25, 0.3) is 0 Å². The Hall–Kier alpha value is -0.570. The van der Waals surface area contributed by atoms with E-state index < -0.39 is 0 Å². The van der Waals surface area contributed by atoms with E-state index in [9.17, 15) is 0 Å². The van der Waals surface area contributed by atoms with E-state index in [-0.39, 0.29) is 0 Å². The molecule has 0 spiro atoms. The molecule has 0 aliphatic heterocycles. The lowest BCUT2D eigenvalue weighted by Gasteiger charge is -2.09. The second-order valence-electron chi connectivity index (χ2n) is 2.78. The summed E-state index contributed by atoms with van der Waals surface area (Å²) in [6.07, 6.45) is 2.08. The number of nitrogens with two attached hydrogens (primary N) is 1. The molecule has 0 aliphatic carbocycles. The molecule has 0 fully saturated rings. The Labute approximate surface area is 75.0 Å². The maximum Gasteiger partial charge on any atom is 0.0934 e. The molecular weight excluding hydrogens is 152 g/mol. The minimum Gasteiger partial charge on any atom is -0.387 e. The fraction of sp³-hybridized carbons (Fsp3) is 0.889. The van der Waals surface area contributed by atoms with Crippen LogP contribution in [0.2, 0.25) is 0 Å². The number of amidine groups is 1. The van der Waals surface area contributed by atoms with Crippen molar-refractivity contribution in [3.05, 3.63) is 0 Å². The second-order valence-corrected chi connectivity index (χ2v) is 2.78. The average Bonchev–Trinajstić information content (AvgIpc) is 2.04. The van der Waals surface area contributed by atoms with Crippen molar-refractivity contribution in [2.24, 2.45) is 10.7 Å². The molecule has 3 nitrogen and oxygen atoms in total. The molecule has 0 aromatic heterocycles. The van der Waals surface area contributed by atoms with Gasteiger partial charge in [-0.25, -0.2) is 0 Å². The third-order valence-corrected chi connectivity index (χ3v) is 1.66. The normalized spacial score (nSPS) is 14.8. The molecule has 0 unspecified atom stereocenters. The first-order valence-electron chi connectivity index (χ1n) is 4.61. The van der Waals surface area contributed by atoms with Crippen LogP contribution < -0.4 is 5.73 Å². The zero-order valence-electron chi connectivity index (χ0n) is 8.34. The van der Waals surface area contributed by atoms with Gasteiger partial charge in [-0.2, -0.15) is 0 Å². The molecule has 3 heteroatoms. The molecule has 0 aromatic carbocycles. The fourth-order valence-electron chi connectivity index (χ4n) is 0.870. The summed E-state index contributed by atoms with van der Waals surface area (Å²) in [7, 11) is 0. The third kappa shape index (κ3) is 6.16. The van der Waals surface area contributed by atoms with Gasteiger partial charge in [0.05, 0.1) is 11.9 Å². The van der Waals surface area contributed by atoms with Gasteiger partial charge in [0.25, 0.3) is 0 Å². The van der Waals surface area contributed by atoms with Gasteiger partial charge >= 0.3 is 0 Å². The number of hydrogen-bond donors (Lipinski definition) is 1. The van der Waals surface area contributed by atoms with E-state index in [1.165, 1.54) is 0 Å². The predicted molar refractivity (Wildman–Crippen MR) is 52.5 cm³/mol. The van der Waals surface area contributed by atoms with E-state index in [1.807, 2.05) is 13.8 Å². The van der Waals surface area contributed by atoms with Crippen LogP contribution in [-0.4, -0.2) is 25.1 Å². The van der Waals surface area contributed by atoms with Crippen molar-refractivity contribution in [3.63, 3.8) is 0 Å². The smallest absolute Gasteiger partial charge is 0.0934 e. The summed E-state index contributed by atoms with van der Waals surface area (Å²) in [5.74, 6) is 0.735. The SMILES string of the molecule is CCO[C@@H](C)CCN=C(N)CC. The van der Waals surface area contributed by atoms with Crippen molar-refractivity contribution in [3.8, 4) is 0 Å². The minimum absolute atomic E-state index is 0.295. The molecule has 0 amide bonds. The Balaban J connectivity index is 3.41. The minimum atomic E-state index is 0.295. The Morgan fingerprint density at radius 3 is 2.67 bits per heavy atom. The zero-order valence-corrected chi connectivity index (χ0v) is 8.34. The molecule has 0 heterocycles. The molecular formula is C9H20N2O. The van der Waals surface area contributed by atoms with Crippen LogP contribution >= 0.6 is 0 Å². The number of hydrogen-bond acceptors (Lipinski definition) is 2. The van der Waals surface area contributed by atoms with E-state index in [0.717, 1.165) is 31.8 Å². The van der Waals surface area contributed by atoms with Crippen molar-refractivity contribution >= 4 is 5.84 Å². The zero-order chi connectivity index (χ0) is 9.40. The molecule has 0 aliphatic rings. The van der Waals surface area contributed by atoms with Crippen LogP contribution in [0.15, 0.2) is 4.99 Å². The van der Waals surface area contributed by atoms with Gasteiger partial charge in [0.2, 0.25) is 0 Å². The Morgan fingerprint density at radius 1 is 1.50 bits per heavy atom. The maximum absolute atomic E-state index is 5.54. The van der Waals surface area contributed by atoms with Crippen LogP contribution in [0, 0.1) is 0 Å². The molecule has 2 N–H and O–H groups in total. The largest absolute Gasteiger partial charge is 0.387 e. The lowest BCUT2D eigenvalue weighted by atomic mass is 10.3. The van der Waals surface area contributed by atoms with Gasteiger partial charge in [0.15, 0.2) is 0 Å². The highest BCUT2D eigenvalue weighted by atomic mass is 16.5. The van der Waals surface area contributed by atoms with Gasteiger partial charge < -0.3 is 10.5 Å². The molecule has 0 aromatic rings. The predicted octanol–water partition coefficient (Wildman–Crippen LogP) is 1.57. The summed E-state index contributed by atoms with van der Waals surface area (Å²) in [5.41, 5.74) is 5.54. The van der Waals surface area contributed by atoms with E-state index in [2.05, 4.69) is 11.9 Å².